The first-order chi connectivity index (χ1) is 12.9. The molecule has 1 aromatic heterocycles. The first-order valence-electron chi connectivity index (χ1n) is 8.55. The summed E-state index contributed by atoms with van der Waals surface area (Å²) in [7, 11) is 0. The lowest BCUT2D eigenvalue weighted by Crippen LogP contribution is -2.26. The second-order valence-electron chi connectivity index (χ2n) is 6.22. The molecule has 0 bridgehead atoms. The van der Waals surface area contributed by atoms with Gasteiger partial charge in [0.05, 0.1) is 16.2 Å². The fourth-order valence-corrected chi connectivity index (χ4v) is 3.11. The van der Waals surface area contributed by atoms with Crippen LogP contribution in [0, 0.1) is 10.1 Å². The van der Waals surface area contributed by atoms with Gasteiger partial charge in [0.25, 0.3) is 0 Å². The Morgan fingerprint density at radius 2 is 1.74 bits per heavy atom. The van der Waals surface area contributed by atoms with E-state index in [1.807, 2.05) is 0 Å². The van der Waals surface area contributed by atoms with Crippen LogP contribution in [-0.2, 0) is 6.18 Å². The van der Waals surface area contributed by atoms with E-state index in [-0.39, 0.29) is 17.3 Å². The van der Waals surface area contributed by atoms with Crippen molar-refractivity contribution < 1.29 is 18.1 Å². The summed E-state index contributed by atoms with van der Waals surface area (Å²) in [4.78, 5) is 20.7. The molecule has 1 fully saturated rings. The van der Waals surface area contributed by atoms with Crippen molar-refractivity contribution in [1.82, 2.24) is 9.97 Å². The average molecular weight is 381 g/mol. The molecule has 2 aromatic rings. The van der Waals surface area contributed by atoms with Gasteiger partial charge in [0.15, 0.2) is 0 Å². The van der Waals surface area contributed by atoms with Crippen LogP contribution in [0.15, 0.2) is 30.6 Å². The Balaban J connectivity index is 2.02. The molecule has 0 spiro atoms. The molecule has 7 nitrogen and oxygen atoms in total. The highest BCUT2D eigenvalue weighted by Gasteiger charge is 2.34. The van der Waals surface area contributed by atoms with Crippen molar-refractivity contribution in [2.24, 2.45) is 0 Å². The number of rotatable bonds is 4. The van der Waals surface area contributed by atoms with Crippen molar-refractivity contribution in [3.8, 4) is 0 Å². The number of para-hydroxylation sites is 1. The Labute approximate surface area is 153 Å². The zero-order valence-corrected chi connectivity index (χ0v) is 14.4. The summed E-state index contributed by atoms with van der Waals surface area (Å²) in [6.07, 6.45) is 0.339. The number of nitrogens with zero attached hydrogens (tertiary/aromatic N) is 4. The van der Waals surface area contributed by atoms with Crippen molar-refractivity contribution >= 4 is 23.0 Å². The summed E-state index contributed by atoms with van der Waals surface area (Å²) < 4.78 is 39.6. The van der Waals surface area contributed by atoms with Crippen LogP contribution < -0.4 is 10.2 Å². The van der Waals surface area contributed by atoms with E-state index in [2.05, 4.69) is 15.3 Å². The van der Waals surface area contributed by atoms with Gasteiger partial charge in [-0.2, -0.15) is 13.2 Å². The fourth-order valence-electron chi connectivity index (χ4n) is 3.11. The molecule has 3 rings (SSSR count). The molecule has 10 heteroatoms. The Morgan fingerprint density at radius 1 is 1.07 bits per heavy atom. The first kappa shape index (κ1) is 18.9. The molecule has 1 saturated heterocycles. The van der Waals surface area contributed by atoms with Crippen LogP contribution in [-0.4, -0.2) is 28.0 Å². The molecule has 1 N–H and O–H groups in total. The lowest BCUT2D eigenvalue weighted by Gasteiger charge is -2.21. The maximum atomic E-state index is 13.2. The van der Waals surface area contributed by atoms with Crippen LogP contribution >= 0.6 is 0 Å². The van der Waals surface area contributed by atoms with Gasteiger partial charge in [-0.05, 0) is 25.0 Å². The lowest BCUT2D eigenvalue weighted by molar-refractivity contribution is -0.383. The highest BCUT2D eigenvalue weighted by molar-refractivity contribution is 5.75. The van der Waals surface area contributed by atoms with Gasteiger partial charge in [0.2, 0.25) is 11.6 Å². The van der Waals surface area contributed by atoms with E-state index in [0.29, 0.717) is 13.1 Å². The Morgan fingerprint density at radius 3 is 2.37 bits per heavy atom. The third-order valence-electron chi connectivity index (χ3n) is 4.38. The van der Waals surface area contributed by atoms with Crippen LogP contribution in [0.1, 0.15) is 31.2 Å². The highest BCUT2D eigenvalue weighted by Crippen LogP contribution is 2.39. The molecular weight excluding hydrogens is 363 g/mol. The molecule has 0 atom stereocenters. The summed E-state index contributed by atoms with van der Waals surface area (Å²) in [5.74, 6) is -0.130. The molecule has 2 heterocycles. The van der Waals surface area contributed by atoms with Crippen molar-refractivity contribution in [1.29, 1.82) is 0 Å². The van der Waals surface area contributed by atoms with Gasteiger partial charge >= 0.3 is 11.9 Å². The van der Waals surface area contributed by atoms with Gasteiger partial charge in [0.1, 0.15) is 6.33 Å². The van der Waals surface area contributed by atoms with Gasteiger partial charge in [-0.3, -0.25) is 10.1 Å². The van der Waals surface area contributed by atoms with Crippen molar-refractivity contribution in [2.75, 3.05) is 23.3 Å². The number of anilines is 3. The predicted molar refractivity (Wildman–Crippen MR) is 94.1 cm³/mol. The number of alkyl halides is 3. The molecule has 0 aliphatic carbocycles. The number of halogens is 3. The Hall–Kier alpha value is -2.91. The van der Waals surface area contributed by atoms with Gasteiger partial charge in [0, 0.05) is 13.1 Å². The molecule has 1 aromatic carbocycles. The molecule has 27 heavy (non-hydrogen) atoms. The first-order valence-corrected chi connectivity index (χ1v) is 8.55. The number of nitrogens with one attached hydrogen (secondary N) is 1. The molecule has 1 aliphatic heterocycles. The van der Waals surface area contributed by atoms with E-state index in [1.54, 1.807) is 4.90 Å². The lowest BCUT2D eigenvalue weighted by atomic mass is 10.1. The fraction of sp³-hybridized carbons (Fsp3) is 0.412. The minimum absolute atomic E-state index is 0.129. The second-order valence-corrected chi connectivity index (χ2v) is 6.22. The standard InChI is InChI=1S/C17H18F3N5O2/c18-17(19,20)12-7-3-4-8-13(12)23-15-14(25(26)27)16(22-11-21-15)24-9-5-1-2-6-10-24/h3-4,7-8,11H,1-2,5-6,9-10H2,(H,21,22,23). The third-order valence-corrected chi connectivity index (χ3v) is 4.38. The van der Waals surface area contributed by atoms with Crippen molar-refractivity contribution in [3.63, 3.8) is 0 Å². The minimum atomic E-state index is -4.60. The zero-order valence-electron chi connectivity index (χ0n) is 14.4. The van der Waals surface area contributed by atoms with Crippen LogP contribution in [0.25, 0.3) is 0 Å². The van der Waals surface area contributed by atoms with E-state index < -0.39 is 22.4 Å². The highest BCUT2D eigenvalue weighted by atomic mass is 19.4. The van der Waals surface area contributed by atoms with Gasteiger partial charge < -0.3 is 10.2 Å². The molecule has 1 aliphatic rings. The number of benzene rings is 1. The number of aromatic nitrogens is 2. The van der Waals surface area contributed by atoms with E-state index in [1.165, 1.54) is 18.2 Å². The van der Waals surface area contributed by atoms with Crippen LogP contribution in [0.3, 0.4) is 0 Å². The van der Waals surface area contributed by atoms with E-state index in [4.69, 9.17) is 0 Å². The van der Waals surface area contributed by atoms with Gasteiger partial charge in [-0.15, -0.1) is 0 Å². The summed E-state index contributed by atoms with van der Waals surface area (Å²) >= 11 is 0. The van der Waals surface area contributed by atoms with E-state index in [0.717, 1.165) is 38.1 Å². The second kappa shape index (κ2) is 7.77. The predicted octanol–water partition coefficient (Wildman–Crippen LogP) is 4.53. The normalized spacial score (nSPS) is 15.3. The van der Waals surface area contributed by atoms with Crippen molar-refractivity contribution in [3.05, 3.63) is 46.3 Å². The van der Waals surface area contributed by atoms with Gasteiger partial charge in [-0.25, -0.2) is 9.97 Å². The third kappa shape index (κ3) is 4.26. The maximum absolute atomic E-state index is 13.2. The van der Waals surface area contributed by atoms with E-state index >= 15 is 0 Å². The SMILES string of the molecule is O=[N+]([O-])c1c(Nc2ccccc2C(F)(F)F)ncnc1N1CCCCCC1. The quantitative estimate of drug-likeness (QED) is 0.619. The molecular formula is C17H18F3N5O2. The molecule has 0 unspecified atom stereocenters. The van der Waals surface area contributed by atoms with Gasteiger partial charge in [-0.1, -0.05) is 25.0 Å². The minimum Gasteiger partial charge on any atom is -0.351 e. The molecule has 0 amide bonds. The largest absolute Gasteiger partial charge is 0.418 e. The van der Waals surface area contributed by atoms with Crippen LogP contribution in [0.4, 0.5) is 36.2 Å². The van der Waals surface area contributed by atoms with Crippen LogP contribution in [0.2, 0.25) is 0 Å². The maximum Gasteiger partial charge on any atom is 0.418 e. The topological polar surface area (TPSA) is 84.2 Å². The van der Waals surface area contributed by atoms with Crippen molar-refractivity contribution in [2.45, 2.75) is 31.9 Å². The number of hydrogen-bond acceptors (Lipinski definition) is 6. The van der Waals surface area contributed by atoms with Crippen LogP contribution in [0.5, 0.6) is 0 Å². The Bertz CT molecular complexity index is 820. The van der Waals surface area contributed by atoms with E-state index in [9.17, 15) is 23.3 Å². The summed E-state index contributed by atoms with van der Waals surface area (Å²) in [5.41, 5.74) is -1.64. The molecule has 0 saturated carbocycles. The summed E-state index contributed by atoms with van der Waals surface area (Å²) in [5, 5.41) is 14.2. The smallest absolute Gasteiger partial charge is 0.351 e. The zero-order chi connectivity index (χ0) is 19.4. The monoisotopic (exact) mass is 381 g/mol. The number of nitro groups is 1. The summed E-state index contributed by atoms with van der Waals surface area (Å²) in [6, 6.07) is 4.79. The number of hydrogen-bond donors (Lipinski definition) is 1. The molecule has 0 radical (unpaired) electrons. The average Bonchev–Trinajstić information content (AvgIpc) is 2.90. The Kier molecular flexibility index (Phi) is 5.43. The summed E-state index contributed by atoms with van der Waals surface area (Å²) in [6.45, 7) is 1.22. The molecule has 144 valence electrons.